The molecule has 0 unspecified atom stereocenters. The summed E-state index contributed by atoms with van der Waals surface area (Å²) < 4.78 is 6.28. The maximum Gasteiger partial charge on any atom is 0.313 e. The van der Waals surface area contributed by atoms with E-state index in [1.54, 1.807) is 0 Å². The molecule has 0 radical (unpaired) electrons. The van der Waals surface area contributed by atoms with Gasteiger partial charge in [0.1, 0.15) is 6.10 Å². The third kappa shape index (κ3) is 4.95. The highest BCUT2D eigenvalue weighted by molar-refractivity contribution is 5.79. The quantitative estimate of drug-likeness (QED) is 0.532. The van der Waals surface area contributed by atoms with Gasteiger partial charge in [0, 0.05) is 0 Å². The van der Waals surface area contributed by atoms with Gasteiger partial charge in [-0.15, -0.1) is 0 Å². The molecule has 0 spiro atoms. The van der Waals surface area contributed by atoms with E-state index in [2.05, 4.69) is 52.0 Å². The normalized spacial score (nSPS) is 27.7. The number of aryl methyl sites for hydroxylation is 1. The molecule has 0 heterocycles. The lowest BCUT2D eigenvalue weighted by molar-refractivity contribution is -0.159. The standard InChI is InChI=1S/C25H38O2/c1-5-19-11-13-21(14-12-19)24(20-8-6-7-9-20)25(26)27-23-16-18(4)10-15-22(23)17(2)3/h11-14,17-18,20,22-24H,5-10,15-16H2,1-4H3/t18-,22+,23-,24+/m1/s1. The lowest BCUT2D eigenvalue weighted by Crippen LogP contribution is -2.37. The average molecular weight is 371 g/mol. The van der Waals surface area contributed by atoms with Crippen LogP contribution < -0.4 is 0 Å². The van der Waals surface area contributed by atoms with Gasteiger partial charge < -0.3 is 4.74 Å². The molecule has 0 bridgehead atoms. The lowest BCUT2D eigenvalue weighted by Gasteiger charge is -2.37. The van der Waals surface area contributed by atoms with Crippen LogP contribution in [-0.4, -0.2) is 12.1 Å². The topological polar surface area (TPSA) is 26.3 Å². The zero-order chi connectivity index (χ0) is 19.4. The molecule has 3 rings (SSSR count). The second-order valence-electron chi connectivity index (χ2n) is 9.42. The number of hydrogen-bond acceptors (Lipinski definition) is 2. The van der Waals surface area contributed by atoms with Crippen molar-refractivity contribution in [3.8, 4) is 0 Å². The summed E-state index contributed by atoms with van der Waals surface area (Å²) in [6, 6.07) is 8.72. The van der Waals surface area contributed by atoms with Crippen LogP contribution in [0.1, 0.15) is 89.7 Å². The van der Waals surface area contributed by atoms with Gasteiger partial charge in [-0.05, 0) is 66.9 Å². The molecule has 27 heavy (non-hydrogen) atoms. The summed E-state index contributed by atoms with van der Waals surface area (Å²) >= 11 is 0. The van der Waals surface area contributed by atoms with Crippen LogP contribution in [0.3, 0.4) is 0 Å². The Morgan fingerprint density at radius 3 is 2.33 bits per heavy atom. The smallest absolute Gasteiger partial charge is 0.313 e. The predicted octanol–water partition coefficient (Wildman–Crippen LogP) is 6.53. The Morgan fingerprint density at radius 1 is 1.07 bits per heavy atom. The predicted molar refractivity (Wildman–Crippen MR) is 112 cm³/mol. The zero-order valence-corrected chi connectivity index (χ0v) is 17.7. The van der Waals surface area contributed by atoms with E-state index in [0.717, 1.165) is 31.2 Å². The van der Waals surface area contributed by atoms with E-state index in [-0.39, 0.29) is 18.0 Å². The Labute approximate surface area is 166 Å². The minimum Gasteiger partial charge on any atom is -0.462 e. The SMILES string of the molecule is CCc1ccc([C@@H](C(=O)O[C@@H]2C[C@H](C)CC[C@H]2C(C)C)C2CCCC2)cc1. The fraction of sp³-hybridized carbons (Fsp3) is 0.720. The molecule has 2 heteroatoms. The molecular weight excluding hydrogens is 332 g/mol. The Kier molecular flexibility index (Phi) is 7.00. The number of carbonyl (C=O) groups is 1. The molecule has 150 valence electrons. The third-order valence-electron chi connectivity index (χ3n) is 7.10. The highest BCUT2D eigenvalue weighted by Crippen LogP contribution is 2.41. The molecule has 1 aromatic rings. The summed E-state index contributed by atoms with van der Waals surface area (Å²) in [7, 11) is 0. The van der Waals surface area contributed by atoms with Gasteiger partial charge in [0.2, 0.25) is 0 Å². The number of ether oxygens (including phenoxy) is 1. The van der Waals surface area contributed by atoms with Crippen molar-refractivity contribution in [2.24, 2.45) is 23.7 Å². The summed E-state index contributed by atoms with van der Waals surface area (Å²) in [6.45, 7) is 9.03. The highest BCUT2D eigenvalue weighted by Gasteiger charge is 2.38. The second kappa shape index (κ2) is 9.26. The molecule has 2 aliphatic carbocycles. The maximum atomic E-state index is 13.4. The number of esters is 1. The van der Waals surface area contributed by atoms with Gasteiger partial charge in [0.25, 0.3) is 0 Å². The van der Waals surface area contributed by atoms with E-state index in [1.165, 1.54) is 31.2 Å². The Bertz CT molecular complexity index is 597. The molecular formula is C25H38O2. The molecule has 2 aliphatic rings. The summed E-state index contributed by atoms with van der Waals surface area (Å²) in [5, 5.41) is 0. The second-order valence-corrected chi connectivity index (χ2v) is 9.42. The van der Waals surface area contributed by atoms with Crippen LogP contribution in [0.25, 0.3) is 0 Å². The van der Waals surface area contributed by atoms with E-state index in [0.29, 0.717) is 23.7 Å². The molecule has 0 aromatic heterocycles. The van der Waals surface area contributed by atoms with Crippen LogP contribution in [0.4, 0.5) is 0 Å². The van der Waals surface area contributed by atoms with Crippen LogP contribution in [0.2, 0.25) is 0 Å². The Morgan fingerprint density at radius 2 is 1.74 bits per heavy atom. The van der Waals surface area contributed by atoms with Crippen LogP contribution >= 0.6 is 0 Å². The van der Waals surface area contributed by atoms with Crippen molar-refractivity contribution in [2.75, 3.05) is 0 Å². The fourth-order valence-electron chi connectivity index (χ4n) is 5.32. The van der Waals surface area contributed by atoms with Crippen molar-refractivity contribution in [1.29, 1.82) is 0 Å². The van der Waals surface area contributed by atoms with Crippen molar-refractivity contribution in [3.05, 3.63) is 35.4 Å². The third-order valence-corrected chi connectivity index (χ3v) is 7.10. The highest BCUT2D eigenvalue weighted by atomic mass is 16.5. The fourth-order valence-corrected chi connectivity index (χ4v) is 5.32. The van der Waals surface area contributed by atoms with Crippen LogP contribution in [0.15, 0.2) is 24.3 Å². The summed E-state index contributed by atoms with van der Waals surface area (Å²) in [4.78, 5) is 13.4. The van der Waals surface area contributed by atoms with Crippen LogP contribution in [-0.2, 0) is 16.0 Å². The molecule has 1 aromatic carbocycles. The first-order valence-electron chi connectivity index (χ1n) is 11.3. The van der Waals surface area contributed by atoms with Crippen molar-refractivity contribution >= 4 is 5.97 Å². The summed E-state index contributed by atoms with van der Waals surface area (Å²) in [6.07, 6.45) is 9.42. The van der Waals surface area contributed by atoms with Gasteiger partial charge in [-0.2, -0.15) is 0 Å². The lowest BCUT2D eigenvalue weighted by atomic mass is 9.75. The van der Waals surface area contributed by atoms with Gasteiger partial charge in [0.05, 0.1) is 5.92 Å². The summed E-state index contributed by atoms with van der Waals surface area (Å²) in [5.74, 6) is 2.15. The average Bonchev–Trinajstić information content (AvgIpc) is 3.16. The zero-order valence-electron chi connectivity index (χ0n) is 17.7. The molecule has 2 saturated carbocycles. The van der Waals surface area contributed by atoms with E-state index < -0.39 is 0 Å². The number of carbonyl (C=O) groups excluding carboxylic acids is 1. The molecule has 2 nitrogen and oxygen atoms in total. The molecule has 0 aliphatic heterocycles. The first-order chi connectivity index (χ1) is 13.0. The number of rotatable bonds is 6. The van der Waals surface area contributed by atoms with E-state index in [1.807, 2.05) is 0 Å². The molecule has 0 saturated heterocycles. The van der Waals surface area contributed by atoms with Crippen LogP contribution in [0, 0.1) is 23.7 Å². The van der Waals surface area contributed by atoms with Crippen molar-refractivity contribution < 1.29 is 9.53 Å². The first kappa shape index (κ1) is 20.4. The van der Waals surface area contributed by atoms with Crippen molar-refractivity contribution in [1.82, 2.24) is 0 Å². The van der Waals surface area contributed by atoms with Gasteiger partial charge in [-0.1, -0.05) is 71.2 Å². The molecule has 4 atom stereocenters. The van der Waals surface area contributed by atoms with Gasteiger partial charge in [0.15, 0.2) is 0 Å². The van der Waals surface area contributed by atoms with Gasteiger partial charge in [-0.25, -0.2) is 0 Å². The van der Waals surface area contributed by atoms with Crippen molar-refractivity contribution in [3.63, 3.8) is 0 Å². The van der Waals surface area contributed by atoms with E-state index in [9.17, 15) is 4.79 Å². The number of benzene rings is 1. The monoisotopic (exact) mass is 370 g/mol. The largest absolute Gasteiger partial charge is 0.462 e. The first-order valence-corrected chi connectivity index (χ1v) is 11.3. The van der Waals surface area contributed by atoms with Gasteiger partial charge in [-0.3, -0.25) is 4.79 Å². The molecule has 2 fully saturated rings. The minimum absolute atomic E-state index is 0.0379. The Hall–Kier alpha value is -1.31. The van der Waals surface area contributed by atoms with Gasteiger partial charge >= 0.3 is 5.97 Å². The molecule has 0 amide bonds. The minimum atomic E-state index is -0.0801. The van der Waals surface area contributed by atoms with Crippen molar-refractivity contribution in [2.45, 2.75) is 91.1 Å². The van der Waals surface area contributed by atoms with E-state index >= 15 is 0 Å². The van der Waals surface area contributed by atoms with E-state index in [4.69, 9.17) is 4.74 Å². The Balaban J connectivity index is 1.79. The molecule has 0 N–H and O–H groups in total. The maximum absolute atomic E-state index is 13.4. The van der Waals surface area contributed by atoms with Crippen LogP contribution in [0.5, 0.6) is 0 Å². The number of hydrogen-bond donors (Lipinski definition) is 0. The summed E-state index contributed by atoms with van der Waals surface area (Å²) in [5.41, 5.74) is 2.49.